The molecule has 3 N–H and O–H groups in total. The molecule has 0 aliphatic heterocycles. The van der Waals surface area contributed by atoms with E-state index in [9.17, 15) is 9.59 Å². The van der Waals surface area contributed by atoms with Crippen LogP contribution < -0.4 is 11.1 Å². The first-order valence-electron chi connectivity index (χ1n) is 5.89. The lowest BCUT2D eigenvalue weighted by Crippen LogP contribution is -2.46. The van der Waals surface area contributed by atoms with E-state index in [1.54, 1.807) is 20.8 Å². The lowest BCUT2D eigenvalue weighted by atomic mass is 9.98. The molecular formula is C12H24N2O3. The average Bonchev–Trinajstić information content (AvgIpc) is 2.11. The van der Waals surface area contributed by atoms with E-state index in [-0.39, 0.29) is 24.7 Å². The van der Waals surface area contributed by atoms with Gasteiger partial charge in [-0.15, -0.1) is 0 Å². The zero-order valence-electron chi connectivity index (χ0n) is 11.4. The summed E-state index contributed by atoms with van der Waals surface area (Å²) in [5.41, 5.74) is 4.77. The molecule has 1 unspecified atom stereocenters. The first-order chi connectivity index (χ1) is 7.67. The molecule has 1 amide bonds. The molecule has 17 heavy (non-hydrogen) atoms. The number of Topliss-reactive ketones (excluding diaryl/α,β-unsaturated/α-hetero) is 1. The van der Waals surface area contributed by atoms with Gasteiger partial charge in [-0.1, -0.05) is 13.8 Å². The fraction of sp³-hybridized carbons (Fsp3) is 0.833. The molecule has 100 valence electrons. The van der Waals surface area contributed by atoms with Crippen molar-refractivity contribution in [1.29, 1.82) is 0 Å². The van der Waals surface area contributed by atoms with Crippen LogP contribution in [0.15, 0.2) is 0 Å². The molecule has 0 spiro atoms. The highest BCUT2D eigenvalue weighted by Crippen LogP contribution is 2.09. The number of hydrogen-bond donors (Lipinski definition) is 2. The van der Waals surface area contributed by atoms with Crippen molar-refractivity contribution in [2.45, 2.75) is 52.7 Å². The van der Waals surface area contributed by atoms with Crippen molar-refractivity contribution in [3.63, 3.8) is 0 Å². The van der Waals surface area contributed by atoms with Crippen LogP contribution in [0.25, 0.3) is 0 Å². The van der Waals surface area contributed by atoms with Crippen molar-refractivity contribution < 1.29 is 14.3 Å². The number of ether oxygens (including phenoxy) is 1. The first kappa shape index (κ1) is 15.9. The Bertz CT molecular complexity index is 269. The van der Waals surface area contributed by atoms with Crippen molar-refractivity contribution in [3.8, 4) is 0 Å². The molecule has 0 rings (SSSR count). The minimum atomic E-state index is -0.568. The normalized spacial score (nSPS) is 13.4. The van der Waals surface area contributed by atoms with Gasteiger partial charge in [0.25, 0.3) is 0 Å². The third-order valence-electron chi connectivity index (χ3n) is 2.08. The van der Waals surface area contributed by atoms with Crippen LogP contribution in [0.2, 0.25) is 0 Å². The van der Waals surface area contributed by atoms with Crippen LogP contribution in [0.3, 0.4) is 0 Å². The highest BCUT2D eigenvalue weighted by atomic mass is 16.6. The lowest BCUT2D eigenvalue weighted by molar-refractivity contribution is -0.121. The Kier molecular flexibility index (Phi) is 6.16. The predicted octanol–water partition coefficient (Wildman–Crippen LogP) is 1.45. The average molecular weight is 244 g/mol. The van der Waals surface area contributed by atoms with Crippen LogP contribution in [0.5, 0.6) is 0 Å². The van der Waals surface area contributed by atoms with Gasteiger partial charge in [0.1, 0.15) is 5.60 Å². The Morgan fingerprint density at radius 1 is 1.29 bits per heavy atom. The quantitative estimate of drug-likeness (QED) is 0.767. The van der Waals surface area contributed by atoms with Gasteiger partial charge in [0.2, 0.25) is 0 Å². The number of carbonyl (C=O) groups is 2. The predicted molar refractivity (Wildman–Crippen MR) is 66.7 cm³/mol. The Morgan fingerprint density at radius 2 is 1.82 bits per heavy atom. The van der Waals surface area contributed by atoms with E-state index >= 15 is 0 Å². The van der Waals surface area contributed by atoms with Crippen LogP contribution in [0, 0.1) is 5.92 Å². The molecule has 0 heterocycles. The van der Waals surface area contributed by atoms with Crippen molar-refractivity contribution in [2.75, 3.05) is 6.54 Å². The Labute approximate surface area is 103 Å². The largest absolute Gasteiger partial charge is 0.444 e. The van der Waals surface area contributed by atoms with Gasteiger partial charge >= 0.3 is 6.09 Å². The fourth-order valence-electron chi connectivity index (χ4n) is 1.35. The van der Waals surface area contributed by atoms with E-state index in [0.717, 1.165) is 0 Å². The summed E-state index contributed by atoms with van der Waals surface area (Å²) in [6, 6.07) is -0.534. The van der Waals surface area contributed by atoms with Crippen molar-refractivity contribution in [3.05, 3.63) is 0 Å². The second kappa shape index (κ2) is 6.59. The summed E-state index contributed by atoms with van der Waals surface area (Å²) >= 11 is 0. The molecule has 0 saturated carbocycles. The summed E-state index contributed by atoms with van der Waals surface area (Å²) in [6.45, 7) is 9.36. The molecule has 0 aromatic rings. The number of nitrogens with two attached hydrogens (primary N) is 1. The van der Waals surface area contributed by atoms with Crippen molar-refractivity contribution in [1.82, 2.24) is 5.32 Å². The molecule has 0 saturated heterocycles. The third kappa shape index (κ3) is 6.94. The third-order valence-corrected chi connectivity index (χ3v) is 2.08. The number of amides is 1. The van der Waals surface area contributed by atoms with E-state index in [1.807, 2.05) is 13.8 Å². The second-order valence-corrected chi connectivity index (χ2v) is 5.37. The number of carbonyl (C=O) groups excluding carboxylic acids is 2. The summed E-state index contributed by atoms with van der Waals surface area (Å²) in [4.78, 5) is 23.3. The van der Waals surface area contributed by atoms with Gasteiger partial charge in [0.15, 0.2) is 5.78 Å². The summed E-state index contributed by atoms with van der Waals surface area (Å²) in [6.07, 6.45) is -0.305. The molecule has 0 fully saturated rings. The molecule has 0 aliphatic carbocycles. The maximum atomic E-state index is 11.7. The molecule has 1 atom stereocenters. The standard InChI is InChI=1S/C12H24N2O3/c1-8(2)10(9(15)6-7-13)14-11(16)17-12(3,4)5/h8,10H,6-7,13H2,1-5H3,(H,14,16). The Morgan fingerprint density at radius 3 is 2.18 bits per heavy atom. The smallest absolute Gasteiger partial charge is 0.408 e. The molecule has 0 bridgehead atoms. The summed E-state index contributed by atoms with van der Waals surface area (Å²) in [5.74, 6) is -0.0464. The number of ketones is 1. The first-order valence-corrected chi connectivity index (χ1v) is 5.89. The van der Waals surface area contributed by atoms with E-state index in [0.29, 0.717) is 0 Å². The van der Waals surface area contributed by atoms with Crippen LogP contribution in [0.4, 0.5) is 4.79 Å². The topological polar surface area (TPSA) is 81.4 Å². The fourth-order valence-corrected chi connectivity index (χ4v) is 1.35. The van der Waals surface area contributed by atoms with E-state index in [1.165, 1.54) is 0 Å². The van der Waals surface area contributed by atoms with E-state index in [2.05, 4.69) is 5.32 Å². The van der Waals surface area contributed by atoms with Gasteiger partial charge in [-0.3, -0.25) is 4.79 Å². The monoisotopic (exact) mass is 244 g/mol. The number of nitrogens with one attached hydrogen (secondary N) is 1. The molecule has 0 radical (unpaired) electrons. The number of rotatable bonds is 5. The van der Waals surface area contributed by atoms with Crippen LogP contribution in [0.1, 0.15) is 41.0 Å². The van der Waals surface area contributed by atoms with Gasteiger partial charge in [-0.2, -0.15) is 0 Å². The minimum absolute atomic E-state index is 0.0153. The van der Waals surface area contributed by atoms with Crippen molar-refractivity contribution >= 4 is 11.9 Å². The van der Waals surface area contributed by atoms with E-state index < -0.39 is 17.7 Å². The van der Waals surface area contributed by atoms with Crippen molar-refractivity contribution in [2.24, 2.45) is 11.7 Å². The minimum Gasteiger partial charge on any atom is -0.444 e. The molecule has 5 heteroatoms. The Hall–Kier alpha value is -1.10. The van der Waals surface area contributed by atoms with Gasteiger partial charge in [0.05, 0.1) is 6.04 Å². The summed E-state index contributed by atoms with van der Waals surface area (Å²) in [5, 5.41) is 2.59. The maximum Gasteiger partial charge on any atom is 0.408 e. The van der Waals surface area contributed by atoms with Gasteiger partial charge < -0.3 is 15.8 Å². The second-order valence-electron chi connectivity index (χ2n) is 5.37. The highest BCUT2D eigenvalue weighted by Gasteiger charge is 2.25. The van der Waals surface area contributed by atoms with Crippen LogP contribution in [-0.2, 0) is 9.53 Å². The SMILES string of the molecule is CC(C)C(NC(=O)OC(C)(C)C)C(=O)CCN. The zero-order valence-corrected chi connectivity index (χ0v) is 11.4. The van der Waals surface area contributed by atoms with Crippen LogP contribution in [-0.4, -0.2) is 30.1 Å². The van der Waals surface area contributed by atoms with Gasteiger partial charge in [-0.25, -0.2) is 4.79 Å². The maximum absolute atomic E-state index is 11.7. The zero-order chi connectivity index (χ0) is 13.6. The summed E-state index contributed by atoms with van der Waals surface area (Å²) in [7, 11) is 0. The molecular weight excluding hydrogens is 220 g/mol. The molecule has 5 nitrogen and oxygen atoms in total. The van der Waals surface area contributed by atoms with Crippen LogP contribution >= 0.6 is 0 Å². The number of alkyl carbamates (subject to hydrolysis) is 1. The Balaban J connectivity index is 4.46. The van der Waals surface area contributed by atoms with E-state index in [4.69, 9.17) is 10.5 Å². The molecule has 0 aliphatic rings. The number of hydrogen-bond acceptors (Lipinski definition) is 4. The van der Waals surface area contributed by atoms with Gasteiger partial charge in [0, 0.05) is 6.42 Å². The lowest BCUT2D eigenvalue weighted by Gasteiger charge is -2.24. The molecule has 0 aromatic carbocycles. The highest BCUT2D eigenvalue weighted by molar-refractivity contribution is 5.87. The summed E-state index contributed by atoms with van der Waals surface area (Å²) < 4.78 is 5.11. The molecule has 0 aromatic heterocycles. The van der Waals surface area contributed by atoms with Gasteiger partial charge in [-0.05, 0) is 33.2 Å².